The SMILES string of the molecule is CC(C)(C)c1cc(/C=C(\C#N)C(=O)Nc2cc([N+](=O)[O-])ccc2Cl)cc(C(C)(C)C)c1O. The molecule has 0 radical (unpaired) electrons. The van der Waals surface area contributed by atoms with E-state index >= 15 is 0 Å². The van der Waals surface area contributed by atoms with Gasteiger partial charge in [0.1, 0.15) is 17.4 Å². The molecule has 2 rings (SSSR count). The van der Waals surface area contributed by atoms with Crippen molar-refractivity contribution in [3.63, 3.8) is 0 Å². The van der Waals surface area contributed by atoms with Crippen LogP contribution in [-0.2, 0) is 15.6 Å². The van der Waals surface area contributed by atoms with Gasteiger partial charge in [-0.3, -0.25) is 14.9 Å². The van der Waals surface area contributed by atoms with Crippen LogP contribution in [0.4, 0.5) is 11.4 Å². The molecule has 0 aliphatic carbocycles. The number of nitro benzene ring substituents is 1. The van der Waals surface area contributed by atoms with Gasteiger partial charge < -0.3 is 10.4 Å². The van der Waals surface area contributed by atoms with Gasteiger partial charge in [0.2, 0.25) is 0 Å². The summed E-state index contributed by atoms with van der Waals surface area (Å²) < 4.78 is 0. The van der Waals surface area contributed by atoms with Crippen LogP contribution in [0.1, 0.15) is 58.2 Å². The third kappa shape index (κ3) is 5.65. The summed E-state index contributed by atoms with van der Waals surface area (Å²) in [5.74, 6) is -0.564. The molecule has 0 aliphatic heterocycles. The highest BCUT2D eigenvalue weighted by Crippen LogP contribution is 2.40. The van der Waals surface area contributed by atoms with Crippen LogP contribution in [0.15, 0.2) is 35.9 Å². The number of nitrogens with zero attached hydrogens (tertiary/aromatic N) is 2. The maximum atomic E-state index is 12.7. The largest absolute Gasteiger partial charge is 0.507 e. The molecule has 0 atom stereocenters. The maximum Gasteiger partial charge on any atom is 0.271 e. The number of phenolic OH excluding ortho intramolecular Hbond substituents is 1. The molecule has 0 heterocycles. The Balaban J connectivity index is 2.54. The van der Waals surface area contributed by atoms with Crippen molar-refractivity contribution in [2.45, 2.75) is 52.4 Å². The number of anilines is 1. The van der Waals surface area contributed by atoms with E-state index in [0.717, 1.165) is 6.07 Å². The molecule has 7 nitrogen and oxygen atoms in total. The predicted octanol–water partition coefficient (Wildman–Crippen LogP) is 6.09. The van der Waals surface area contributed by atoms with Crippen molar-refractivity contribution in [3.05, 3.63) is 67.7 Å². The Hall–Kier alpha value is -3.37. The summed E-state index contributed by atoms with van der Waals surface area (Å²) in [4.78, 5) is 23.1. The number of halogens is 1. The van der Waals surface area contributed by atoms with E-state index in [4.69, 9.17) is 11.6 Å². The molecule has 8 heteroatoms. The minimum Gasteiger partial charge on any atom is -0.507 e. The van der Waals surface area contributed by atoms with Gasteiger partial charge in [-0.05, 0) is 40.7 Å². The van der Waals surface area contributed by atoms with Gasteiger partial charge in [-0.15, -0.1) is 0 Å². The summed E-state index contributed by atoms with van der Waals surface area (Å²) in [7, 11) is 0. The smallest absolute Gasteiger partial charge is 0.271 e. The zero-order valence-electron chi connectivity index (χ0n) is 18.9. The monoisotopic (exact) mass is 455 g/mol. The van der Waals surface area contributed by atoms with Crippen LogP contribution in [0.25, 0.3) is 6.08 Å². The lowest BCUT2D eigenvalue weighted by Crippen LogP contribution is -2.18. The topological polar surface area (TPSA) is 116 Å². The summed E-state index contributed by atoms with van der Waals surface area (Å²) in [6.07, 6.45) is 1.42. The molecular formula is C24H26ClN3O4. The van der Waals surface area contributed by atoms with Gasteiger partial charge in [-0.25, -0.2) is 0 Å². The zero-order chi connectivity index (χ0) is 24.4. The van der Waals surface area contributed by atoms with Crippen LogP contribution in [0, 0.1) is 21.4 Å². The second-order valence-corrected chi connectivity index (χ2v) is 9.92. The Morgan fingerprint density at radius 3 is 2.09 bits per heavy atom. The van der Waals surface area contributed by atoms with Gasteiger partial charge in [0.05, 0.1) is 15.6 Å². The van der Waals surface area contributed by atoms with E-state index < -0.39 is 10.8 Å². The Morgan fingerprint density at radius 2 is 1.66 bits per heavy atom. The lowest BCUT2D eigenvalue weighted by molar-refractivity contribution is -0.384. The minimum atomic E-state index is -0.752. The van der Waals surface area contributed by atoms with Crippen molar-refractivity contribution >= 4 is 35.0 Å². The van der Waals surface area contributed by atoms with Gasteiger partial charge >= 0.3 is 0 Å². The third-order valence-electron chi connectivity index (χ3n) is 4.83. The van der Waals surface area contributed by atoms with Crippen LogP contribution in [0.2, 0.25) is 5.02 Å². The average Bonchev–Trinajstić information content (AvgIpc) is 2.66. The van der Waals surface area contributed by atoms with Gasteiger partial charge in [0.15, 0.2) is 0 Å². The quantitative estimate of drug-likeness (QED) is 0.250. The number of hydrogen-bond donors (Lipinski definition) is 2. The Kier molecular flexibility index (Phi) is 7.01. The highest BCUT2D eigenvalue weighted by Gasteiger charge is 2.26. The molecule has 0 saturated carbocycles. The Labute approximate surface area is 192 Å². The number of amides is 1. The van der Waals surface area contributed by atoms with Crippen molar-refractivity contribution in [1.29, 1.82) is 5.26 Å². The normalized spacial score (nSPS) is 12.2. The minimum absolute atomic E-state index is 0.0310. The number of rotatable bonds is 4. The lowest BCUT2D eigenvalue weighted by atomic mass is 9.78. The number of phenols is 1. The van der Waals surface area contributed by atoms with Crippen LogP contribution in [0.5, 0.6) is 5.75 Å². The van der Waals surface area contributed by atoms with Crippen molar-refractivity contribution in [2.75, 3.05) is 5.32 Å². The fraction of sp³-hybridized carbons (Fsp3) is 0.333. The first-order valence-corrected chi connectivity index (χ1v) is 10.3. The number of benzene rings is 2. The number of aromatic hydroxyl groups is 1. The molecule has 0 spiro atoms. The van der Waals surface area contributed by atoms with E-state index in [1.54, 1.807) is 12.1 Å². The van der Waals surface area contributed by atoms with E-state index in [0.29, 0.717) is 16.7 Å². The fourth-order valence-corrected chi connectivity index (χ4v) is 3.28. The van der Waals surface area contributed by atoms with Gasteiger partial charge in [0, 0.05) is 23.3 Å². The summed E-state index contributed by atoms with van der Waals surface area (Å²) in [6, 6.07) is 9.01. The molecule has 0 fully saturated rings. The predicted molar refractivity (Wildman–Crippen MR) is 126 cm³/mol. The molecular weight excluding hydrogens is 430 g/mol. The molecule has 0 bridgehead atoms. The van der Waals surface area contributed by atoms with Crippen LogP contribution in [0.3, 0.4) is 0 Å². The molecule has 0 aromatic heterocycles. The molecule has 168 valence electrons. The fourth-order valence-electron chi connectivity index (χ4n) is 3.11. The molecule has 0 aliphatic rings. The molecule has 0 saturated heterocycles. The number of carbonyl (C=O) groups is 1. The number of nitro groups is 1. The molecule has 2 aromatic rings. The lowest BCUT2D eigenvalue weighted by Gasteiger charge is -2.28. The number of non-ortho nitro benzene ring substituents is 1. The van der Waals surface area contributed by atoms with Crippen molar-refractivity contribution in [3.8, 4) is 11.8 Å². The second-order valence-electron chi connectivity index (χ2n) is 9.51. The molecule has 0 unspecified atom stereocenters. The molecule has 1 amide bonds. The van der Waals surface area contributed by atoms with Crippen molar-refractivity contribution in [1.82, 2.24) is 0 Å². The van der Waals surface area contributed by atoms with E-state index in [1.807, 2.05) is 47.6 Å². The summed E-state index contributed by atoms with van der Waals surface area (Å²) in [5.41, 5.74) is 0.788. The van der Waals surface area contributed by atoms with Crippen LogP contribution >= 0.6 is 11.6 Å². The van der Waals surface area contributed by atoms with E-state index in [2.05, 4.69) is 5.32 Å². The molecule has 32 heavy (non-hydrogen) atoms. The summed E-state index contributed by atoms with van der Waals surface area (Å²) >= 11 is 6.04. The molecule has 2 aromatic carbocycles. The van der Waals surface area contributed by atoms with E-state index in [1.165, 1.54) is 18.2 Å². The van der Waals surface area contributed by atoms with Gasteiger partial charge in [-0.1, -0.05) is 53.1 Å². The first-order valence-electron chi connectivity index (χ1n) is 9.90. The Morgan fingerprint density at radius 1 is 1.12 bits per heavy atom. The van der Waals surface area contributed by atoms with Crippen LogP contribution in [-0.4, -0.2) is 15.9 Å². The van der Waals surface area contributed by atoms with E-state index in [-0.39, 0.29) is 38.6 Å². The highest BCUT2D eigenvalue weighted by molar-refractivity contribution is 6.34. The average molecular weight is 456 g/mol. The Bertz CT molecular complexity index is 1110. The summed E-state index contributed by atoms with van der Waals surface area (Å²) in [5, 5.41) is 34.0. The third-order valence-corrected chi connectivity index (χ3v) is 5.16. The first kappa shape index (κ1) is 24.9. The van der Waals surface area contributed by atoms with E-state index in [9.17, 15) is 25.3 Å². The maximum absolute atomic E-state index is 12.7. The van der Waals surface area contributed by atoms with Gasteiger partial charge in [-0.2, -0.15) is 5.26 Å². The number of nitrogens with one attached hydrogen (secondary N) is 1. The second kappa shape index (κ2) is 9.01. The van der Waals surface area contributed by atoms with Gasteiger partial charge in [0.25, 0.3) is 11.6 Å². The van der Waals surface area contributed by atoms with Crippen molar-refractivity contribution in [2.24, 2.45) is 0 Å². The standard InChI is InChI=1S/C24H26ClN3O4/c1-23(2,3)17-10-14(11-18(21(17)29)24(4,5)6)9-15(13-26)22(30)27-20-12-16(28(31)32)7-8-19(20)25/h7-12,29H,1-6H3,(H,27,30)/b15-9+. The summed E-state index contributed by atoms with van der Waals surface area (Å²) in [6.45, 7) is 11.8. The first-order chi connectivity index (χ1) is 14.6. The number of hydrogen-bond acceptors (Lipinski definition) is 5. The van der Waals surface area contributed by atoms with Crippen LogP contribution < -0.4 is 5.32 Å². The molecule has 2 N–H and O–H groups in total. The number of carbonyl (C=O) groups excluding carboxylic acids is 1. The van der Waals surface area contributed by atoms with Crippen molar-refractivity contribution < 1.29 is 14.8 Å². The zero-order valence-corrected chi connectivity index (χ0v) is 19.7. The highest BCUT2D eigenvalue weighted by atomic mass is 35.5. The number of nitriles is 1.